The molecule has 0 aliphatic carbocycles. The van der Waals surface area contributed by atoms with Crippen molar-refractivity contribution >= 4 is 12.1 Å². The van der Waals surface area contributed by atoms with Gasteiger partial charge in [-0.2, -0.15) is 0 Å². The first-order valence-corrected chi connectivity index (χ1v) is 6.15. The van der Waals surface area contributed by atoms with Crippen molar-refractivity contribution in [3.63, 3.8) is 0 Å². The molecule has 0 saturated carbocycles. The van der Waals surface area contributed by atoms with Crippen molar-refractivity contribution in [1.82, 2.24) is 9.80 Å². The van der Waals surface area contributed by atoms with Gasteiger partial charge in [0.15, 0.2) is 5.96 Å². The molecule has 0 spiro atoms. The number of ether oxygens (including phenoxy) is 1. The predicted octanol–water partition coefficient (Wildman–Crippen LogP) is 0.485. The standard InChI is InChI=1S/C11H22N4O2/c1-3-5-13-10(12)14-6-8-15(9-7-14)11(16)17-4-2/h3-9H2,1-2H3,(H2,12,13). The number of hydrogen-bond acceptors (Lipinski definition) is 3. The normalized spacial score (nSPS) is 17.2. The molecule has 1 saturated heterocycles. The average molecular weight is 242 g/mol. The summed E-state index contributed by atoms with van der Waals surface area (Å²) in [6.45, 7) is 7.76. The van der Waals surface area contributed by atoms with Crippen LogP contribution in [0.1, 0.15) is 20.3 Å². The number of piperazine rings is 1. The molecule has 1 aliphatic rings. The van der Waals surface area contributed by atoms with Crippen molar-refractivity contribution in [1.29, 1.82) is 0 Å². The number of amides is 1. The summed E-state index contributed by atoms with van der Waals surface area (Å²) in [5, 5.41) is 0. The third kappa shape index (κ3) is 4.13. The molecule has 0 atom stereocenters. The van der Waals surface area contributed by atoms with Crippen molar-refractivity contribution in [2.75, 3.05) is 39.3 Å². The Kier molecular flexibility index (Phi) is 5.59. The fourth-order valence-corrected chi connectivity index (χ4v) is 1.66. The molecule has 0 bridgehead atoms. The van der Waals surface area contributed by atoms with Gasteiger partial charge in [-0.1, -0.05) is 6.92 Å². The summed E-state index contributed by atoms with van der Waals surface area (Å²) in [7, 11) is 0. The minimum atomic E-state index is -0.240. The van der Waals surface area contributed by atoms with Crippen LogP contribution in [0.3, 0.4) is 0 Å². The Morgan fingerprint density at radius 1 is 1.24 bits per heavy atom. The molecule has 6 nitrogen and oxygen atoms in total. The number of nitrogens with zero attached hydrogens (tertiary/aromatic N) is 3. The molecule has 0 radical (unpaired) electrons. The molecule has 6 heteroatoms. The fourth-order valence-electron chi connectivity index (χ4n) is 1.66. The van der Waals surface area contributed by atoms with E-state index in [2.05, 4.69) is 11.9 Å². The Balaban J connectivity index is 2.37. The van der Waals surface area contributed by atoms with Crippen molar-refractivity contribution in [3.8, 4) is 0 Å². The van der Waals surface area contributed by atoms with E-state index < -0.39 is 0 Å². The lowest BCUT2D eigenvalue weighted by Crippen LogP contribution is -2.52. The highest BCUT2D eigenvalue weighted by Crippen LogP contribution is 2.03. The van der Waals surface area contributed by atoms with E-state index in [1.165, 1.54) is 0 Å². The summed E-state index contributed by atoms with van der Waals surface area (Å²) < 4.78 is 4.95. The molecule has 1 fully saturated rings. The van der Waals surface area contributed by atoms with E-state index in [1.807, 2.05) is 11.8 Å². The van der Waals surface area contributed by atoms with E-state index >= 15 is 0 Å². The first kappa shape index (κ1) is 13.6. The highest BCUT2D eigenvalue weighted by Gasteiger charge is 2.22. The maximum atomic E-state index is 11.5. The van der Waals surface area contributed by atoms with Crippen molar-refractivity contribution in [2.45, 2.75) is 20.3 Å². The van der Waals surface area contributed by atoms with Gasteiger partial charge in [-0.25, -0.2) is 4.79 Å². The molecule has 2 N–H and O–H groups in total. The molecule has 98 valence electrons. The zero-order valence-electron chi connectivity index (χ0n) is 10.7. The lowest BCUT2D eigenvalue weighted by Gasteiger charge is -2.34. The Bertz CT molecular complexity index is 273. The molecule has 17 heavy (non-hydrogen) atoms. The first-order chi connectivity index (χ1) is 8.19. The highest BCUT2D eigenvalue weighted by atomic mass is 16.6. The smallest absolute Gasteiger partial charge is 0.409 e. The van der Waals surface area contributed by atoms with Gasteiger partial charge in [-0.05, 0) is 13.3 Å². The zero-order chi connectivity index (χ0) is 12.7. The molecule has 1 rings (SSSR count). The third-order valence-corrected chi connectivity index (χ3v) is 2.63. The zero-order valence-corrected chi connectivity index (χ0v) is 10.7. The lowest BCUT2D eigenvalue weighted by molar-refractivity contribution is 0.0918. The van der Waals surface area contributed by atoms with Crippen molar-refractivity contribution in [3.05, 3.63) is 0 Å². The van der Waals surface area contributed by atoms with Crippen LogP contribution in [-0.4, -0.2) is 61.2 Å². The number of rotatable bonds is 3. The van der Waals surface area contributed by atoms with E-state index in [0.717, 1.165) is 26.1 Å². The number of nitrogens with two attached hydrogens (primary N) is 1. The van der Waals surface area contributed by atoms with E-state index in [9.17, 15) is 4.79 Å². The van der Waals surface area contributed by atoms with Gasteiger partial charge in [0.1, 0.15) is 0 Å². The van der Waals surface area contributed by atoms with Crippen LogP contribution in [0.15, 0.2) is 4.99 Å². The van der Waals surface area contributed by atoms with E-state index in [1.54, 1.807) is 4.90 Å². The second-order valence-electron chi connectivity index (χ2n) is 3.91. The van der Waals surface area contributed by atoms with Gasteiger partial charge in [0.05, 0.1) is 6.61 Å². The lowest BCUT2D eigenvalue weighted by atomic mass is 10.3. The van der Waals surface area contributed by atoms with E-state index in [0.29, 0.717) is 25.7 Å². The summed E-state index contributed by atoms with van der Waals surface area (Å²) in [5.41, 5.74) is 5.86. The number of guanidine groups is 1. The topological polar surface area (TPSA) is 71.2 Å². The van der Waals surface area contributed by atoms with Crippen LogP contribution in [0.2, 0.25) is 0 Å². The highest BCUT2D eigenvalue weighted by molar-refractivity contribution is 5.78. The van der Waals surface area contributed by atoms with Crippen LogP contribution < -0.4 is 5.73 Å². The van der Waals surface area contributed by atoms with Crippen LogP contribution in [0.25, 0.3) is 0 Å². The van der Waals surface area contributed by atoms with Gasteiger partial charge in [0.2, 0.25) is 0 Å². The monoisotopic (exact) mass is 242 g/mol. The maximum absolute atomic E-state index is 11.5. The molecule has 0 aromatic rings. The van der Waals surface area contributed by atoms with Gasteiger partial charge in [0, 0.05) is 32.7 Å². The van der Waals surface area contributed by atoms with Crippen LogP contribution in [-0.2, 0) is 4.74 Å². The second-order valence-corrected chi connectivity index (χ2v) is 3.91. The summed E-state index contributed by atoms with van der Waals surface area (Å²) in [4.78, 5) is 19.4. The van der Waals surface area contributed by atoms with Crippen molar-refractivity contribution in [2.24, 2.45) is 10.7 Å². The van der Waals surface area contributed by atoms with Crippen LogP contribution in [0.5, 0.6) is 0 Å². The van der Waals surface area contributed by atoms with E-state index in [-0.39, 0.29) is 6.09 Å². The Morgan fingerprint density at radius 2 is 1.82 bits per heavy atom. The van der Waals surface area contributed by atoms with Gasteiger partial charge in [-0.15, -0.1) is 0 Å². The number of carbonyl (C=O) groups excluding carboxylic acids is 1. The minimum absolute atomic E-state index is 0.240. The van der Waals surface area contributed by atoms with Crippen LogP contribution >= 0.6 is 0 Å². The largest absolute Gasteiger partial charge is 0.450 e. The molecule has 1 heterocycles. The van der Waals surface area contributed by atoms with Crippen molar-refractivity contribution < 1.29 is 9.53 Å². The third-order valence-electron chi connectivity index (χ3n) is 2.63. The Hall–Kier alpha value is -1.46. The maximum Gasteiger partial charge on any atom is 0.409 e. The minimum Gasteiger partial charge on any atom is -0.450 e. The molecule has 1 aliphatic heterocycles. The van der Waals surface area contributed by atoms with Gasteiger partial charge in [-0.3, -0.25) is 4.99 Å². The Labute approximate surface area is 102 Å². The molecule has 1 amide bonds. The van der Waals surface area contributed by atoms with E-state index in [4.69, 9.17) is 10.5 Å². The second kappa shape index (κ2) is 6.98. The summed E-state index contributed by atoms with van der Waals surface area (Å²) in [5.74, 6) is 0.579. The molecule has 0 aromatic heterocycles. The van der Waals surface area contributed by atoms with Crippen LogP contribution in [0, 0.1) is 0 Å². The summed E-state index contributed by atoms with van der Waals surface area (Å²) in [6.07, 6.45) is 0.750. The first-order valence-electron chi connectivity index (χ1n) is 6.15. The fraction of sp³-hybridized carbons (Fsp3) is 0.818. The average Bonchev–Trinajstić information content (AvgIpc) is 2.36. The quantitative estimate of drug-likeness (QED) is 0.577. The summed E-state index contributed by atoms with van der Waals surface area (Å²) >= 11 is 0. The molecule has 0 unspecified atom stereocenters. The summed E-state index contributed by atoms with van der Waals surface area (Å²) in [6, 6.07) is 0. The van der Waals surface area contributed by atoms with Gasteiger partial charge < -0.3 is 20.3 Å². The molecular formula is C11H22N4O2. The number of carbonyl (C=O) groups is 1. The number of hydrogen-bond donors (Lipinski definition) is 1. The predicted molar refractivity (Wildman–Crippen MR) is 66.9 cm³/mol. The van der Waals surface area contributed by atoms with Gasteiger partial charge in [0.25, 0.3) is 0 Å². The Morgan fingerprint density at radius 3 is 2.35 bits per heavy atom. The van der Waals surface area contributed by atoms with Crippen LogP contribution in [0.4, 0.5) is 4.79 Å². The molecule has 0 aromatic carbocycles. The number of aliphatic imine (C=N–C) groups is 1. The SMILES string of the molecule is CCCN=C(N)N1CCN(C(=O)OCC)CC1. The molecular weight excluding hydrogens is 220 g/mol. The van der Waals surface area contributed by atoms with Gasteiger partial charge >= 0.3 is 6.09 Å².